The molecule has 0 saturated carbocycles. The molecule has 0 unspecified atom stereocenters. The Bertz CT molecular complexity index is 1110. The topological polar surface area (TPSA) is 137 Å². The van der Waals surface area contributed by atoms with Crippen molar-refractivity contribution in [2.24, 2.45) is 5.92 Å². The first-order valence-corrected chi connectivity index (χ1v) is 14.4. The molecule has 2 fully saturated rings. The second kappa shape index (κ2) is 13.6. The molecule has 0 spiro atoms. The molecule has 0 radical (unpaired) electrons. The molecule has 0 aliphatic carbocycles. The first kappa shape index (κ1) is 29.4. The van der Waals surface area contributed by atoms with Crippen molar-refractivity contribution in [3.05, 3.63) is 29.8 Å². The molecule has 3 N–H and O–H groups in total. The number of amides is 5. The van der Waals surface area contributed by atoms with Gasteiger partial charge < -0.3 is 30.5 Å². The van der Waals surface area contributed by atoms with E-state index in [9.17, 15) is 24.0 Å². The lowest BCUT2D eigenvalue weighted by Gasteiger charge is -2.31. The van der Waals surface area contributed by atoms with Gasteiger partial charge in [0, 0.05) is 32.6 Å². The summed E-state index contributed by atoms with van der Waals surface area (Å²) in [5.74, 6) is -1.05. The van der Waals surface area contributed by atoms with E-state index in [4.69, 9.17) is 4.74 Å². The molecule has 40 heavy (non-hydrogen) atoms. The second-order valence-corrected chi connectivity index (χ2v) is 11.2. The van der Waals surface area contributed by atoms with Crippen LogP contribution in [0.2, 0.25) is 0 Å². The third-order valence-electron chi connectivity index (χ3n) is 7.65. The number of hydrogen-bond donors (Lipinski definition) is 3. The zero-order valence-corrected chi connectivity index (χ0v) is 23.4. The van der Waals surface area contributed by atoms with Gasteiger partial charge in [0.05, 0.1) is 18.0 Å². The van der Waals surface area contributed by atoms with Gasteiger partial charge in [0.15, 0.2) is 0 Å². The van der Waals surface area contributed by atoms with Crippen LogP contribution in [0, 0.1) is 5.92 Å². The Hall–Kier alpha value is -3.63. The van der Waals surface area contributed by atoms with E-state index in [0.29, 0.717) is 44.6 Å². The van der Waals surface area contributed by atoms with Crippen molar-refractivity contribution in [3.63, 3.8) is 0 Å². The highest BCUT2D eigenvalue weighted by Crippen LogP contribution is 2.24. The molecule has 3 atom stereocenters. The zero-order valence-electron chi connectivity index (χ0n) is 23.4. The summed E-state index contributed by atoms with van der Waals surface area (Å²) in [4.78, 5) is 68.7. The van der Waals surface area contributed by atoms with E-state index in [2.05, 4.69) is 16.0 Å². The molecule has 0 bridgehead atoms. The van der Waals surface area contributed by atoms with Crippen LogP contribution in [0.3, 0.4) is 0 Å². The van der Waals surface area contributed by atoms with Crippen LogP contribution in [0.5, 0.6) is 5.75 Å². The molecule has 11 nitrogen and oxygen atoms in total. The molecule has 11 heteroatoms. The lowest BCUT2D eigenvalue weighted by molar-refractivity contribution is -0.138. The van der Waals surface area contributed by atoms with Crippen molar-refractivity contribution in [1.29, 1.82) is 0 Å². The molecule has 5 amide bonds. The van der Waals surface area contributed by atoms with Gasteiger partial charge in [-0.15, -0.1) is 0 Å². The molecule has 3 aliphatic rings. The minimum absolute atomic E-state index is 0.118. The number of para-hydroxylation sites is 1. The first-order valence-electron chi connectivity index (χ1n) is 14.4. The third-order valence-corrected chi connectivity index (χ3v) is 7.65. The number of benzene rings is 1. The number of carbonyl (C=O) groups is 5. The van der Waals surface area contributed by atoms with Gasteiger partial charge in [-0.1, -0.05) is 26.0 Å². The van der Waals surface area contributed by atoms with E-state index in [-0.39, 0.29) is 42.4 Å². The summed E-state index contributed by atoms with van der Waals surface area (Å²) < 4.78 is 6.06. The van der Waals surface area contributed by atoms with Crippen LogP contribution < -0.4 is 20.7 Å². The highest BCUT2D eigenvalue weighted by molar-refractivity contribution is 6.01. The average Bonchev–Trinajstić information content (AvgIpc) is 3.56. The summed E-state index contributed by atoms with van der Waals surface area (Å²) in [6, 6.07) is 4.70. The molecular weight excluding hydrogens is 514 g/mol. The fraction of sp³-hybridized carbons (Fsp3) is 0.621. The van der Waals surface area contributed by atoms with E-state index in [1.807, 2.05) is 13.8 Å². The van der Waals surface area contributed by atoms with E-state index in [0.717, 1.165) is 25.8 Å². The van der Waals surface area contributed by atoms with Crippen molar-refractivity contribution in [1.82, 2.24) is 25.8 Å². The fourth-order valence-corrected chi connectivity index (χ4v) is 5.59. The highest BCUT2D eigenvalue weighted by Gasteiger charge is 2.36. The van der Waals surface area contributed by atoms with Crippen LogP contribution >= 0.6 is 0 Å². The Balaban J connectivity index is 1.52. The van der Waals surface area contributed by atoms with Crippen LogP contribution in [0.15, 0.2) is 24.3 Å². The van der Waals surface area contributed by atoms with Crippen LogP contribution in [0.1, 0.15) is 69.2 Å². The fourth-order valence-electron chi connectivity index (χ4n) is 5.59. The smallest absolute Gasteiger partial charge is 0.255 e. The number of nitrogens with zero attached hydrogens (tertiary/aromatic N) is 2. The van der Waals surface area contributed by atoms with Gasteiger partial charge in [-0.2, -0.15) is 0 Å². The quantitative estimate of drug-likeness (QED) is 0.433. The lowest BCUT2D eigenvalue weighted by Crippen LogP contribution is -2.54. The Morgan fingerprint density at radius 1 is 1.10 bits per heavy atom. The van der Waals surface area contributed by atoms with Gasteiger partial charge in [0.2, 0.25) is 23.6 Å². The molecule has 3 heterocycles. The summed E-state index contributed by atoms with van der Waals surface area (Å²) in [5.41, 5.74) is 0.249. The van der Waals surface area contributed by atoms with Crippen molar-refractivity contribution >= 4 is 29.5 Å². The van der Waals surface area contributed by atoms with E-state index in [1.165, 1.54) is 0 Å². The van der Waals surface area contributed by atoms with Gasteiger partial charge in [0.1, 0.15) is 24.4 Å². The Labute approximate surface area is 235 Å². The maximum absolute atomic E-state index is 13.6. The molecule has 4 rings (SSSR count). The summed E-state index contributed by atoms with van der Waals surface area (Å²) in [5, 5.41) is 8.35. The molecule has 2 saturated heterocycles. The minimum atomic E-state index is -1.16. The number of carbonyl (C=O) groups excluding carboxylic acids is 5. The number of likely N-dealkylation sites (tertiary alicyclic amines) is 1. The molecule has 1 aromatic carbocycles. The van der Waals surface area contributed by atoms with E-state index >= 15 is 0 Å². The number of rotatable bonds is 7. The van der Waals surface area contributed by atoms with Gasteiger partial charge in [-0.25, -0.2) is 0 Å². The van der Waals surface area contributed by atoms with Gasteiger partial charge >= 0.3 is 0 Å². The van der Waals surface area contributed by atoms with Gasteiger partial charge in [-0.3, -0.25) is 24.0 Å². The maximum Gasteiger partial charge on any atom is 0.255 e. The zero-order chi connectivity index (χ0) is 28.6. The van der Waals surface area contributed by atoms with Crippen LogP contribution in [-0.4, -0.2) is 90.2 Å². The largest absolute Gasteiger partial charge is 0.491 e. The van der Waals surface area contributed by atoms with E-state index in [1.54, 1.807) is 34.1 Å². The molecule has 3 aliphatic heterocycles. The summed E-state index contributed by atoms with van der Waals surface area (Å²) >= 11 is 0. The van der Waals surface area contributed by atoms with Crippen LogP contribution in [-0.2, 0) is 19.2 Å². The maximum atomic E-state index is 13.6. The molecule has 1 aromatic rings. The lowest BCUT2D eigenvalue weighted by atomic mass is 10.0. The van der Waals surface area contributed by atoms with E-state index < -0.39 is 29.8 Å². The summed E-state index contributed by atoms with van der Waals surface area (Å²) in [6.07, 6.45) is 3.70. The Morgan fingerprint density at radius 3 is 2.65 bits per heavy atom. The van der Waals surface area contributed by atoms with Crippen molar-refractivity contribution in [2.45, 2.75) is 76.9 Å². The average molecular weight is 556 g/mol. The number of ether oxygens (including phenoxy) is 1. The molecule has 218 valence electrons. The predicted octanol–water partition coefficient (Wildman–Crippen LogP) is 1.22. The van der Waals surface area contributed by atoms with Crippen molar-refractivity contribution < 1.29 is 28.7 Å². The normalized spacial score (nSPS) is 24.1. The SMILES string of the molecule is CC(C)C[C@@H]1NC(=O)C[C@@H](C(=O)NCCCN2CCCC2=O)NC(=O)c2ccccc2OC[C@H]2CCCN2C1=O. The summed E-state index contributed by atoms with van der Waals surface area (Å²) in [6.45, 7) is 6.33. The van der Waals surface area contributed by atoms with Crippen molar-refractivity contribution in [2.75, 3.05) is 32.8 Å². The third kappa shape index (κ3) is 7.51. The summed E-state index contributed by atoms with van der Waals surface area (Å²) in [7, 11) is 0. The molecular formula is C29H41N5O6. The number of hydrogen-bond acceptors (Lipinski definition) is 6. The Kier molecular flexibility index (Phi) is 10.0. The van der Waals surface area contributed by atoms with Gasteiger partial charge in [0.25, 0.3) is 5.91 Å². The predicted molar refractivity (Wildman–Crippen MR) is 147 cm³/mol. The highest BCUT2D eigenvalue weighted by atomic mass is 16.5. The second-order valence-electron chi connectivity index (χ2n) is 11.2. The van der Waals surface area contributed by atoms with Crippen molar-refractivity contribution in [3.8, 4) is 5.75 Å². The number of nitrogens with one attached hydrogen (secondary N) is 3. The monoisotopic (exact) mass is 555 g/mol. The number of fused-ring (bicyclic) bond motifs is 2. The van der Waals surface area contributed by atoms with Crippen LogP contribution in [0.25, 0.3) is 0 Å². The first-order chi connectivity index (χ1) is 19.2. The standard InChI is InChI=1S/C29H41N5O6/c1-19(2)16-23-29(39)34-15-5-8-20(34)18-40-24-10-4-3-9-21(24)27(37)32-22(17-25(35)31-23)28(38)30-12-7-14-33-13-6-11-26(33)36/h3-4,9-10,19-20,22-23H,5-8,11-18H2,1-2H3,(H,30,38)(H,31,35)(H,32,37)/t20-,22+,23+/m1/s1. The van der Waals surface area contributed by atoms with Crippen LogP contribution in [0.4, 0.5) is 0 Å². The molecule has 0 aromatic heterocycles. The minimum Gasteiger partial charge on any atom is -0.491 e. The Morgan fingerprint density at radius 2 is 1.90 bits per heavy atom. The van der Waals surface area contributed by atoms with Gasteiger partial charge in [-0.05, 0) is 50.2 Å².